The van der Waals surface area contributed by atoms with Crippen LogP contribution in [-0.2, 0) is 14.3 Å². The maximum atomic E-state index is 12.2. The summed E-state index contributed by atoms with van der Waals surface area (Å²) in [6.45, 7) is 19.1. The Morgan fingerprint density at radius 3 is 1.87 bits per heavy atom. The number of carboxylic acid groups (broad SMARTS) is 1. The number of nitrogens with one attached hydrogen (secondary N) is 2. The lowest BCUT2D eigenvalue weighted by atomic mass is 9.82. The van der Waals surface area contributed by atoms with E-state index >= 15 is 0 Å². The first kappa shape index (κ1) is 26.8. The highest BCUT2D eigenvalue weighted by Gasteiger charge is 2.30. The van der Waals surface area contributed by atoms with Crippen molar-refractivity contribution in [3.8, 4) is 0 Å². The lowest BCUT2D eigenvalue weighted by Gasteiger charge is -2.40. The van der Waals surface area contributed by atoms with Crippen LogP contribution in [0.3, 0.4) is 0 Å². The normalized spacial score (nSPS) is 20.1. The molecular formula is C22H44N4O4. The van der Waals surface area contributed by atoms with Crippen molar-refractivity contribution in [2.24, 2.45) is 5.41 Å². The Labute approximate surface area is 182 Å². The van der Waals surface area contributed by atoms with Gasteiger partial charge in [0.25, 0.3) is 0 Å². The summed E-state index contributed by atoms with van der Waals surface area (Å²) in [7, 11) is 0. The van der Waals surface area contributed by atoms with Gasteiger partial charge in [0, 0.05) is 64.8 Å². The molecule has 1 aliphatic heterocycles. The molecule has 1 aliphatic rings. The van der Waals surface area contributed by atoms with Gasteiger partial charge in [0.05, 0.1) is 6.54 Å². The lowest BCUT2D eigenvalue weighted by molar-refractivity contribution is -0.156. The maximum absolute atomic E-state index is 12.2. The van der Waals surface area contributed by atoms with Crippen molar-refractivity contribution in [2.45, 2.75) is 66.0 Å². The number of hydrogen-bond acceptors (Lipinski definition) is 7. The number of ether oxygens (including phenoxy) is 1. The van der Waals surface area contributed by atoms with E-state index in [1.807, 2.05) is 20.8 Å². The summed E-state index contributed by atoms with van der Waals surface area (Å²) in [6.07, 6.45) is 0.849. The van der Waals surface area contributed by atoms with Gasteiger partial charge in [-0.15, -0.1) is 0 Å². The topological polar surface area (TPSA) is 94.1 Å². The fourth-order valence-electron chi connectivity index (χ4n) is 3.84. The first-order valence-electron chi connectivity index (χ1n) is 11.2. The molecule has 0 aromatic heterocycles. The van der Waals surface area contributed by atoms with Crippen LogP contribution in [0.1, 0.15) is 54.4 Å². The van der Waals surface area contributed by atoms with Gasteiger partial charge in [-0.3, -0.25) is 19.4 Å². The van der Waals surface area contributed by atoms with E-state index in [2.05, 4.69) is 41.2 Å². The van der Waals surface area contributed by atoms with E-state index in [1.54, 1.807) is 0 Å². The second-order valence-electron chi connectivity index (χ2n) is 10.2. The minimum Gasteiger partial charge on any atom is -0.481 e. The Morgan fingerprint density at radius 2 is 1.43 bits per heavy atom. The van der Waals surface area contributed by atoms with Crippen molar-refractivity contribution in [2.75, 3.05) is 58.9 Å². The molecule has 8 nitrogen and oxygen atoms in total. The molecule has 1 rings (SSSR count). The molecule has 1 fully saturated rings. The van der Waals surface area contributed by atoms with Gasteiger partial charge in [0.1, 0.15) is 5.60 Å². The van der Waals surface area contributed by atoms with Crippen LogP contribution in [0.15, 0.2) is 0 Å². The number of hydrogen-bond donors (Lipinski definition) is 3. The molecule has 1 atom stereocenters. The van der Waals surface area contributed by atoms with Gasteiger partial charge in [-0.25, -0.2) is 0 Å². The Morgan fingerprint density at radius 1 is 0.933 bits per heavy atom. The molecule has 0 unspecified atom stereocenters. The van der Waals surface area contributed by atoms with Gasteiger partial charge in [-0.1, -0.05) is 20.8 Å². The molecule has 30 heavy (non-hydrogen) atoms. The summed E-state index contributed by atoms with van der Waals surface area (Å²) in [4.78, 5) is 27.8. The van der Waals surface area contributed by atoms with Crippen LogP contribution in [0.25, 0.3) is 0 Å². The summed E-state index contributed by atoms with van der Waals surface area (Å²) in [5, 5.41) is 16.1. The maximum Gasteiger partial charge on any atom is 0.320 e. The molecule has 176 valence electrons. The van der Waals surface area contributed by atoms with Crippen LogP contribution in [-0.4, -0.2) is 97.4 Å². The van der Waals surface area contributed by atoms with Gasteiger partial charge >= 0.3 is 11.9 Å². The molecule has 0 aliphatic carbocycles. The highest BCUT2D eigenvalue weighted by Crippen LogP contribution is 2.28. The van der Waals surface area contributed by atoms with Gasteiger partial charge in [0.2, 0.25) is 0 Å². The zero-order valence-corrected chi connectivity index (χ0v) is 19.9. The van der Waals surface area contributed by atoms with Crippen LogP contribution in [0.4, 0.5) is 0 Å². The molecule has 1 saturated heterocycles. The second kappa shape index (κ2) is 12.6. The SMILES string of the molecule is CC(C)(C)OC(=O)CN1CCNCCN([C@@H](CCC(=O)O)C(C)(C)C)CCNCC1. The predicted molar refractivity (Wildman–Crippen MR) is 120 cm³/mol. The number of carboxylic acids is 1. The quantitative estimate of drug-likeness (QED) is 0.547. The molecular weight excluding hydrogens is 384 g/mol. The molecule has 0 saturated carbocycles. The zero-order chi connectivity index (χ0) is 22.8. The van der Waals surface area contributed by atoms with Crippen molar-refractivity contribution in [1.29, 1.82) is 0 Å². The first-order chi connectivity index (χ1) is 13.9. The predicted octanol–water partition coefficient (Wildman–Crippen LogP) is 1.40. The Bertz CT molecular complexity index is 514. The van der Waals surface area contributed by atoms with Crippen molar-refractivity contribution >= 4 is 11.9 Å². The largest absolute Gasteiger partial charge is 0.481 e. The average molecular weight is 429 g/mol. The first-order valence-corrected chi connectivity index (χ1v) is 11.2. The Hall–Kier alpha value is -1.22. The van der Waals surface area contributed by atoms with Crippen molar-refractivity contribution in [3.63, 3.8) is 0 Å². The van der Waals surface area contributed by atoms with Crippen LogP contribution in [0.2, 0.25) is 0 Å². The molecule has 1 heterocycles. The summed E-state index contributed by atoms with van der Waals surface area (Å²) < 4.78 is 5.46. The van der Waals surface area contributed by atoms with E-state index in [9.17, 15) is 9.59 Å². The van der Waals surface area contributed by atoms with Gasteiger partial charge in [-0.05, 0) is 32.6 Å². The fourth-order valence-corrected chi connectivity index (χ4v) is 3.84. The Balaban J connectivity index is 2.62. The van der Waals surface area contributed by atoms with Gasteiger partial charge < -0.3 is 20.5 Å². The molecule has 0 radical (unpaired) electrons. The van der Waals surface area contributed by atoms with Crippen LogP contribution >= 0.6 is 0 Å². The van der Waals surface area contributed by atoms with Crippen LogP contribution in [0, 0.1) is 5.41 Å². The summed E-state index contributed by atoms with van der Waals surface area (Å²) in [6, 6.07) is 0.212. The van der Waals surface area contributed by atoms with E-state index in [0.717, 1.165) is 52.4 Å². The smallest absolute Gasteiger partial charge is 0.320 e. The summed E-state index contributed by atoms with van der Waals surface area (Å²) in [5.74, 6) is -0.924. The van der Waals surface area contributed by atoms with Crippen LogP contribution < -0.4 is 10.6 Å². The number of nitrogens with zero attached hydrogens (tertiary/aromatic N) is 2. The summed E-state index contributed by atoms with van der Waals surface area (Å²) >= 11 is 0. The van der Waals surface area contributed by atoms with Crippen molar-refractivity contribution in [3.05, 3.63) is 0 Å². The third-order valence-electron chi connectivity index (χ3n) is 5.21. The second-order valence-corrected chi connectivity index (χ2v) is 10.2. The fraction of sp³-hybridized carbons (Fsp3) is 0.909. The molecule has 3 N–H and O–H groups in total. The minimum absolute atomic E-state index is 0.0106. The number of rotatable bonds is 6. The van der Waals surface area contributed by atoms with E-state index in [-0.39, 0.29) is 23.8 Å². The molecule has 0 amide bonds. The average Bonchev–Trinajstić information content (AvgIpc) is 2.55. The monoisotopic (exact) mass is 428 g/mol. The number of esters is 1. The third kappa shape index (κ3) is 11.8. The van der Waals surface area contributed by atoms with Gasteiger partial charge in [-0.2, -0.15) is 0 Å². The molecule has 0 aromatic carbocycles. The Kier molecular flexibility index (Phi) is 11.3. The molecule has 0 bridgehead atoms. The van der Waals surface area contributed by atoms with E-state index < -0.39 is 11.6 Å². The lowest BCUT2D eigenvalue weighted by Crippen LogP contribution is -2.50. The number of carbonyl (C=O) groups excluding carboxylic acids is 1. The minimum atomic E-state index is -0.736. The number of aliphatic carboxylic acids is 1. The highest BCUT2D eigenvalue weighted by molar-refractivity contribution is 5.72. The third-order valence-corrected chi connectivity index (χ3v) is 5.21. The standard InChI is InChI=1S/C22H44N4O4/c1-21(2,3)18(7-8-19(27)28)26-15-11-23-9-13-25(14-10-24-12-16-26)17-20(29)30-22(4,5)6/h18,23-24H,7-17H2,1-6H3,(H,27,28)/t18-/m0/s1. The molecule has 8 heteroatoms. The van der Waals surface area contributed by atoms with Crippen molar-refractivity contribution < 1.29 is 19.4 Å². The molecule has 0 aromatic rings. The molecule has 0 spiro atoms. The van der Waals surface area contributed by atoms with Gasteiger partial charge in [0.15, 0.2) is 0 Å². The summed E-state index contributed by atoms with van der Waals surface area (Å²) in [5.41, 5.74) is -0.454. The van der Waals surface area contributed by atoms with Crippen molar-refractivity contribution in [1.82, 2.24) is 20.4 Å². The highest BCUT2D eigenvalue weighted by atomic mass is 16.6. The zero-order valence-electron chi connectivity index (χ0n) is 19.9. The number of carbonyl (C=O) groups is 2. The van der Waals surface area contributed by atoms with E-state index in [4.69, 9.17) is 9.84 Å². The van der Waals surface area contributed by atoms with E-state index in [0.29, 0.717) is 13.0 Å². The van der Waals surface area contributed by atoms with Crippen LogP contribution in [0.5, 0.6) is 0 Å². The van der Waals surface area contributed by atoms with E-state index in [1.165, 1.54) is 0 Å².